The van der Waals surface area contributed by atoms with Gasteiger partial charge in [-0.2, -0.15) is 0 Å². The largest absolute Gasteiger partial charge is 0.497 e. The maximum absolute atomic E-state index is 12.8. The number of rotatable bonds is 5. The minimum Gasteiger partial charge on any atom is -0.497 e. The van der Waals surface area contributed by atoms with Gasteiger partial charge in [0.1, 0.15) is 5.75 Å². The molecule has 0 spiro atoms. The van der Waals surface area contributed by atoms with Crippen LogP contribution in [0.4, 0.5) is 5.69 Å². The van der Waals surface area contributed by atoms with Gasteiger partial charge in [-0.3, -0.25) is 14.5 Å². The summed E-state index contributed by atoms with van der Waals surface area (Å²) in [5.41, 5.74) is 1.43. The number of carbonyl (C=O) groups is 2. The number of hydrogen-bond acceptors (Lipinski definition) is 6. The number of carbonyl (C=O) groups excluding carboxylic acids is 2. The van der Waals surface area contributed by atoms with Gasteiger partial charge in [-0.25, -0.2) is 13.1 Å². The van der Waals surface area contributed by atoms with Crippen molar-refractivity contribution in [1.82, 2.24) is 9.62 Å². The van der Waals surface area contributed by atoms with Gasteiger partial charge >= 0.3 is 0 Å². The predicted octanol–water partition coefficient (Wildman–Crippen LogP) is 1.87. The van der Waals surface area contributed by atoms with E-state index in [1.165, 1.54) is 25.2 Å². The molecule has 0 radical (unpaired) electrons. The Morgan fingerprint density at radius 3 is 2.23 bits per heavy atom. The van der Waals surface area contributed by atoms with Crippen molar-refractivity contribution in [3.8, 4) is 5.75 Å². The summed E-state index contributed by atoms with van der Waals surface area (Å²) in [6, 6.07) is 11.7. The van der Waals surface area contributed by atoms with Crippen molar-refractivity contribution in [3.05, 3.63) is 53.6 Å². The average molecular weight is 429 g/mol. The minimum absolute atomic E-state index is 0.00437. The summed E-state index contributed by atoms with van der Waals surface area (Å²) in [7, 11) is -0.791. The molecule has 1 fully saturated rings. The van der Waals surface area contributed by atoms with Crippen LogP contribution in [0.15, 0.2) is 47.4 Å². The highest BCUT2D eigenvalue weighted by Crippen LogP contribution is 2.26. The Labute approximate surface area is 175 Å². The smallest absolute Gasteiger partial charge is 0.261 e. The first-order chi connectivity index (χ1) is 14.3. The van der Waals surface area contributed by atoms with Crippen molar-refractivity contribution in [1.29, 1.82) is 0 Å². The first-order valence-corrected chi connectivity index (χ1v) is 11.2. The van der Waals surface area contributed by atoms with Crippen LogP contribution in [-0.4, -0.2) is 58.4 Å². The Morgan fingerprint density at radius 2 is 1.60 bits per heavy atom. The highest BCUT2D eigenvalue weighted by molar-refractivity contribution is 7.89. The number of ether oxygens (including phenoxy) is 1. The molecular weight excluding hydrogens is 406 g/mol. The lowest BCUT2D eigenvalue weighted by Gasteiger charge is -2.33. The van der Waals surface area contributed by atoms with Gasteiger partial charge in [-0.15, -0.1) is 0 Å². The standard InChI is InChI=1S/C21H23N3O5S/c1-23-20(25)18-8-7-17(13-19(18)21(23)26)30(27,28)22-14-9-11-24(12-10-14)15-3-5-16(29-2)6-4-15/h3-8,13-14,22H,9-12H2,1-2H3. The van der Waals surface area contributed by atoms with Gasteiger partial charge < -0.3 is 9.64 Å². The van der Waals surface area contributed by atoms with Gasteiger partial charge in [0.05, 0.1) is 23.1 Å². The molecule has 4 rings (SSSR count). The van der Waals surface area contributed by atoms with Crippen LogP contribution in [0.5, 0.6) is 5.75 Å². The maximum atomic E-state index is 12.8. The van der Waals surface area contributed by atoms with E-state index >= 15 is 0 Å². The Morgan fingerprint density at radius 1 is 0.967 bits per heavy atom. The van der Waals surface area contributed by atoms with Crippen molar-refractivity contribution in [2.75, 3.05) is 32.1 Å². The molecule has 2 aliphatic heterocycles. The van der Waals surface area contributed by atoms with E-state index in [2.05, 4.69) is 9.62 Å². The molecule has 30 heavy (non-hydrogen) atoms. The Bertz CT molecular complexity index is 1090. The van der Waals surface area contributed by atoms with Crippen LogP contribution in [0, 0.1) is 0 Å². The van der Waals surface area contributed by atoms with E-state index in [4.69, 9.17) is 4.74 Å². The zero-order valence-corrected chi connectivity index (χ0v) is 17.6. The number of hydrogen-bond donors (Lipinski definition) is 1. The average Bonchev–Trinajstić information content (AvgIpc) is 2.98. The molecule has 9 heteroatoms. The molecular formula is C21H23N3O5S. The Balaban J connectivity index is 1.43. The number of piperidine rings is 1. The van der Waals surface area contributed by atoms with Crippen LogP contribution >= 0.6 is 0 Å². The van der Waals surface area contributed by atoms with Crippen molar-refractivity contribution < 1.29 is 22.7 Å². The van der Waals surface area contributed by atoms with E-state index in [9.17, 15) is 18.0 Å². The lowest BCUT2D eigenvalue weighted by Crippen LogP contribution is -2.44. The second-order valence-corrected chi connectivity index (χ2v) is 9.17. The molecule has 0 unspecified atom stereocenters. The third-order valence-electron chi connectivity index (χ3n) is 5.63. The van der Waals surface area contributed by atoms with Crippen molar-refractivity contribution in [3.63, 3.8) is 0 Å². The minimum atomic E-state index is -3.80. The van der Waals surface area contributed by atoms with Gasteiger partial charge in [0, 0.05) is 31.9 Å². The fraction of sp³-hybridized carbons (Fsp3) is 0.333. The van der Waals surface area contributed by atoms with Crippen LogP contribution in [-0.2, 0) is 10.0 Å². The number of imide groups is 1. The van der Waals surface area contributed by atoms with Crippen LogP contribution < -0.4 is 14.4 Å². The van der Waals surface area contributed by atoms with E-state index in [-0.39, 0.29) is 22.1 Å². The molecule has 158 valence electrons. The molecule has 0 saturated carbocycles. The van der Waals surface area contributed by atoms with Gasteiger partial charge in [-0.1, -0.05) is 0 Å². The Hall–Kier alpha value is -2.91. The van der Waals surface area contributed by atoms with Crippen LogP contribution in [0.25, 0.3) is 0 Å². The number of anilines is 1. The summed E-state index contributed by atoms with van der Waals surface area (Å²) >= 11 is 0. The van der Waals surface area contributed by atoms with Gasteiger partial charge in [0.15, 0.2) is 0 Å². The van der Waals surface area contributed by atoms with Gasteiger partial charge in [0.2, 0.25) is 10.0 Å². The summed E-state index contributed by atoms with van der Waals surface area (Å²) < 4.78 is 33.6. The van der Waals surface area contributed by atoms with Crippen molar-refractivity contribution in [2.45, 2.75) is 23.8 Å². The fourth-order valence-electron chi connectivity index (χ4n) is 3.84. The zero-order valence-electron chi connectivity index (χ0n) is 16.8. The number of methoxy groups -OCH3 is 1. The first kappa shape index (κ1) is 20.4. The summed E-state index contributed by atoms with van der Waals surface area (Å²) in [5, 5.41) is 0. The molecule has 1 N–H and O–H groups in total. The number of fused-ring (bicyclic) bond motifs is 1. The lowest BCUT2D eigenvalue weighted by molar-refractivity contribution is 0.0693. The highest BCUT2D eigenvalue weighted by Gasteiger charge is 2.34. The van der Waals surface area contributed by atoms with E-state index in [0.29, 0.717) is 12.8 Å². The maximum Gasteiger partial charge on any atom is 0.261 e. The Kier molecular flexibility index (Phi) is 5.25. The van der Waals surface area contributed by atoms with E-state index in [1.54, 1.807) is 7.11 Å². The van der Waals surface area contributed by atoms with E-state index < -0.39 is 21.8 Å². The highest BCUT2D eigenvalue weighted by atomic mass is 32.2. The summed E-state index contributed by atoms with van der Waals surface area (Å²) in [6.07, 6.45) is 1.33. The SMILES string of the molecule is COc1ccc(N2CCC(NS(=O)(=O)c3ccc4c(c3)C(=O)N(C)C4=O)CC2)cc1. The molecule has 2 aromatic carbocycles. The molecule has 1 saturated heterocycles. The second-order valence-electron chi connectivity index (χ2n) is 7.46. The molecule has 0 atom stereocenters. The number of benzene rings is 2. The molecule has 0 bridgehead atoms. The van der Waals surface area contributed by atoms with Crippen LogP contribution in [0.2, 0.25) is 0 Å². The van der Waals surface area contributed by atoms with E-state index in [1.807, 2.05) is 24.3 Å². The molecule has 8 nitrogen and oxygen atoms in total. The number of nitrogens with one attached hydrogen (secondary N) is 1. The molecule has 2 aromatic rings. The number of nitrogens with zero attached hydrogens (tertiary/aromatic N) is 2. The lowest BCUT2D eigenvalue weighted by atomic mass is 10.1. The molecule has 0 aromatic heterocycles. The third-order valence-corrected chi connectivity index (χ3v) is 7.14. The molecule has 2 heterocycles. The number of sulfonamides is 1. The quantitative estimate of drug-likeness (QED) is 0.729. The second kappa shape index (κ2) is 7.73. The molecule has 2 amide bonds. The normalized spacial score (nSPS) is 17.4. The summed E-state index contributed by atoms with van der Waals surface area (Å²) in [6.45, 7) is 1.45. The van der Waals surface area contributed by atoms with Gasteiger partial charge in [-0.05, 0) is 55.3 Å². The van der Waals surface area contributed by atoms with Gasteiger partial charge in [0.25, 0.3) is 11.8 Å². The van der Waals surface area contributed by atoms with Crippen molar-refractivity contribution >= 4 is 27.5 Å². The first-order valence-electron chi connectivity index (χ1n) is 9.68. The van der Waals surface area contributed by atoms with E-state index in [0.717, 1.165) is 29.4 Å². The molecule has 2 aliphatic rings. The predicted molar refractivity (Wildman–Crippen MR) is 111 cm³/mol. The monoisotopic (exact) mass is 429 g/mol. The summed E-state index contributed by atoms with van der Waals surface area (Å²) in [4.78, 5) is 27.4. The zero-order chi connectivity index (χ0) is 21.5. The number of amides is 2. The van der Waals surface area contributed by atoms with Crippen LogP contribution in [0.1, 0.15) is 33.6 Å². The third kappa shape index (κ3) is 3.66. The molecule has 0 aliphatic carbocycles. The van der Waals surface area contributed by atoms with Crippen LogP contribution in [0.3, 0.4) is 0 Å². The van der Waals surface area contributed by atoms with Crippen molar-refractivity contribution in [2.24, 2.45) is 0 Å². The fourth-order valence-corrected chi connectivity index (χ4v) is 5.17. The topological polar surface area (TPSA) is 96.0 Å². The summed E-state index contributed by atoms with van der Waals surface area (Å²) in [5.74, 6) is -0.111.